The van der Waals surface area contributed by atoms with Crippen LogP contribution in [0.3, 0.4) is 0 Å². The lowest BCUT2D eigenvalue weighted by Crippen LogP contribution is -2.51. The standard InChI is InChI=1S/C17H21ClN2S/c18-17-7-6-16(21-17)8-10-20-11-9-19-15(13-20)12-14-4-2-1-3-5-14/h1-7,15,19H,8-13H2. The zero-order chi connectivity index (χ0) is 14.5. The molecule has 112 valence electrons. The van der Waals surface area contributed by atoms with Gasteiger partial charge in [-0.2, -0.15) is 0 Å². The third-order valence-corrected chi connectivity index (χ3v) is 5.26. The first-order valence-electron chi connectivity index (χ1n) is 7.53. The van der Waals surface area contributed by atoms with E-state index in [1.54, 1.807) is 11.3 Å². The maximum absolute atomic E-state index is 5.99. The van der Waals surface area contributed by atoms with Crippen LogP contribution in [0.15, 0.2) is 42.5 Å². The molecule has 2 heterocycles. The molecule has 0 spiro atoms. The first kappa shape index (κ1) is 15.0. The molecule has 2 nitrogen and oxygen atoms in total. The molecule has 0 bridgehead atoms. The monoisotopic (exact) mass is 320 g/mol. The summed E-state index contributed by atoms with van der Waals surface area (Å²) in [5.74, 6) is 0. The Morgan fingerprint density at radius 3 is 2.81 bits per heavy atom. The summed E-state index contributed by atoms with van der Waals surface area (Å²) in [5.41, 5.74) is 1.42. The van der Waals surface area contributed by atoms with Crippen molar-refractivity contribution in [3.05, 3.63) is 57.2 Å². The number of thiophene rings is 1. The summed E-state index contributed by atoms with van der Waals surface area (Å²) in [6.45, 7) is 4.49. The predicted octanol–water partition coefficient (Wildman–Crippen LogP) is 3.46. The minimum atomic E-state index is 0.563. The van der Waals surface area contributed by atoms with Crippen molar-refractivity contribution < 1.29 is 0 Å². The van der Waals surface area contributed by atoms with Crippen LogP contribution in [0.2, 0.25) is 4.34 Å². The van der Waals surface area contributed by atoms with Gasteiger partial charge in [0, 0.05) is 37.1 Å². The number of rotatable bonds is 5. The second-order valence-electron chi connectivity index (χ2n) is 5.60. The van der Waals surface area contributed by atoms with Crippen LogP contribution < -0.4 is 5.32 Å². The Hall–Kier alpha value is -0.870. The second-order valence-corrected chi connectivity index (χ2v) is 7.40. The SMILES string of the molecule is Clc1ccc(CCN2CCNC(Cc3ccccc3)C2)s1. The summed E-state index contributed by atoms with van der Waals surface area (Å²) >= 11 is 7.69. The molecule has 1 aromatic heterocycles. The lowest BCUT2D eigenvalue weighted by Gasteiger charge is -2.33. The molecule has 1 atom stereocenters. The molecular formula is C17H21ClN2S. The third kappa shape index (κ3) is 4.55. The number of nitrogens with zero attached hydrogens (tertiary/aromatic N) is 1. The lowest BCUT2D eigenvalue weighted by molar-refractivity contribution is 0.201. The molecule has 4 heteroatoms. The lowest BCUT2D eigenvalue weighted by atomic mass is 10.0. The van der Waals surface area contributed by atoms with Gasteiger partial charge < -0.3 is 10.2 Å². The van der Waals surface area contributed by atoms with E-state index in [-0.39, 0.29) is 0 Å². The zero-order valence-corrected chi connectivity index (χ0v) is 13.7. The number of benzene rings is 1. The Labute approximate surface area is 135 Å². The molecular weight excluding hydrogens is 300 g/mol. The average Bonchev–Trinajstić information content (AvgIpc) is 2.92. The third-order valence-electron chi connectivity index (χ3n) is 3.97. The highest BCUT2D eigenvalue weighted by Crippen LogP contribution is 2.22. The minimum Gasteiger partial charge on any atom is -0.311 e. The molecule has 1 aliphatic rings. The Morgan fingerprint density at radius 1 is 1.19 bits per heavy atom. The predicted molar refractivity (Wildman–Crippen MR) is 91.4 cm³/mol. The highest BCUT2D eigenvalue weighted by Gasteiger charge is 2.19. The summed E-state index contributed by atoms with van der Waals surface area (Å²) in [4.78, 5) is 3.95. The van der Waals surface area contributed by atoms with E-state index < -0.39 is 0 Å². The van der Waals surface area contributed by atoms with Crippen LogP contribution in [0.5, 0.6) is 0 Å². The van der Waals surface area contributed by atoms with Crippen LogP contribution in [-0.2, 0) is 12.8 Å². The van der Waals surface area contributed by atoms with Crippen LogP contribution >= 0.6 is 22.9 Å². The fourth-order valence-corrected chi connectivity index (χ4v) is 3.96. The smallest absolute Gasteiger partial charge is 0.0931 e. The van der Waals surface area contributed by atoms with Crippen molar-refractivity contribution in [2.24, 2.45) is 0 Å². The molecule has 1 unspecified atom stereocenters. The minimum absolute atomic E-state index is 0.563. The Balaban J connectivity index is 1.49. The van der Waals surface area contributed by atoms with Gasteiger partial charge in [0.25, 0.3) is 0 Å². The molecule has 0 aliphatic carbocycles. The van der Waals surface area contributed by atoms with Crippen molar-refractivity contribution in [3.63, 3.8) is 0 Å². The molecule has 1 aromatic carbocycles. The first-order chi connectivity index (χ1) is 10.3. The van der Waals surface area contributed by atoms with Gasteiger partial charge in [0.2, 0.25) is 0 Å². The summed E-state index contributed by atoms with van der Waals surface area (Å²) in [6, 6.07) is 15.5. The Bertz CT molecular complexity index is 555. The highest BCUT2D eigenvalue weighted by molar-refractivity contribution is 7.16. The summed E-state index contributed by atoms with van der Waals surface area (Å²) in [5, 5.41) is 3.64. The quantitative estimate of drug-likeness (QED) is 0.907. The molecule has 0 saturated carbocycles. The molecule has 0 amide bonds. The summed E-state index contributed by atoms with van der Waals surface area (Å²) in [7, 11) is 0. The van der Waals surface area contributed by atoms with E-state index in [2.05, 4.69) is 46.6 Å². The maximum Gasteiger partial charge on any atom is 0.0931 e. The van der Waals surface area contributed by atoms with Crippen molar-refractivity contribution in [1.29, 1.82) is 0 Å². The van der Waals surface area contributed by atoms with Gasteiger partial charge >= 0.3 is 0 Å². The van der Waals surface area contributed by atoms with Gasteiger partial charge in [-0.15, -0.1) is 11.3 Å². The summed E-state index contributed by atoms with van der Waals surface area (Å²) < 4.78 is 0.896. The topological polar surface area (TPSA) is 15.3 Å². The molecule has 1 aliphatic heterocycles. The van der Waals surface area contributed by atoms with E-state index in [1.165, 1.54) is 10.4 Å². The molecule has 1 N–H and O–H groups in total. The molecule has 1 saturated heterocycles. The van der Waals surface area contributed by atoms with E-state index in [0.29, 0.717) is 6.04 Å². The largest absolute Gasteiger partial charge is 0.311 e. The van der Waals surface area contributed by atoms with Gasteiger partial charge in [-0.25, -0.2) is 0 Å². The Morgan fingerprint density at radius 2 is 2.05 bits per heavy atom. The average molecular weight is 321 g/mol. The number of halogens is 1. The molecule has 21 heavy (non-hydrogen) atoms. The van der Waals surface area contributed by atoms with Gasteiger partial charge in [-0.3, -0.25) is 0 Å². The van der Waals surface area contributed by atoms with Gasteiger partial charge in [0.15, 0.2) is 0 Å². The van der Waals surface area contributed by atoms with E-state index in [9.17, 15) is 0 Å². The molecule has 3 rings (SSSR count). The molecule has 2 aromatic rings. The fraction of sp³-hybridized carbons (Fsp3) is 0.412. The fourth-order valence-electron chi connectivity index (χ4n) is 2.89. The van der Waals surface area contributed by atoms with Crippen molar-refractivity contribution >= 4 is 22.9 Å². The molecule has 1 fully saturated rings. The first-order valence-corrected chi connectivity index (χ1v) is 8.73. The summed E-state index contributed by atoms with van der Waals surface area (Å²) in [6.07, 6.45) is 2.22. The van der Waals surface area contributed by atoms with Crippen LogP contribution in [0.4, 0.5) is 0 Å². The van der Waals surface area contributed by atoms with Crippen LogP contribution in [0.1, 0.15) is 10.4 Å². The van der Waals surface area contributed by atoms with Crippen LogP contribution in [-0.4, -0.2) is 37.1 Å². The number of hydrogen-bond acceptors (Lipinski definition) is 3. The second kappa shape index (κ2) is 7.41. The normalized spacial score (nSPS) is 19.8. The Kier molecular flexibility index (Phi) is 5.31. The molecule has 0 radical (unpaired) electrons. The van der Waals surface area contributed by atoms with Crippen LogP contribution in [0.25, 0.3) is 0 Å². The maximum atomic E-state index is 5.99. The van der Waals surface area contributed by atoms with E-state index in [4.69, 9.17) is 11.6 Å². The highest BCUT2D eigenvalue weighted by atomic mass is 35.5. The van der Waals surface area contributed by atoms with Crippen molar-refractivity contribution in [2.45, 2.75) is 18.9 Å². The number of piperazine rings is 1. The van der Waals surface area contributed by atoms with E-state index in [1.807, 2.05) is 6.07 Å². The van der Waals surface area contributed by atoms with Gasteiger partial charge in [-0.05, 0) is 30.5 Å². The van der Waals surface area contributed by atoms with Gasteiger partial charge in [0.05, 0.1) is 4.34 Å². The van der Waals surface area contributed by atoms with Crippen molar-refractivity contribution in [1.82, 2.24) is 10.2 Å². The van der Waals surface area contributed by atoms with E-state index >= 15 is 0 Å². The van der Waals surface area contributed by atoms with Crippen molar-refractivity contribution in [2.75, 3.05) is 26.2 Å². The van der Waals surface area contributed by atoms with E-state index in [0.717, 1.165) is 43.4 Å². The number of nitrogens with one attached hydrogen (secondary N) is 1. The number of hydrogen-bond donors (Lipinski definition) is 1. The van der Waals surface area contributed by atoms with Crippen molar-refractivity contribution in [3.8, 4) is 0 Å². The van der Waals surface area contributed by atoms with Gasteiger partial charge in [-0.1, -0.05) is 41.9 Å². The van der Waals surface area contributed by atoms with Gasteiger partial charge in [0.1, 0.15) is 0 Å². The van der Waals surface area contributed by atoms with Crippen LogP contribution in [0, 0.1) is 0 Å². The zero-order valence-electron chi connectivity index (χ0n) is 12.1.